The van der Waals surface area contributed by atoms with Gasteiger partial charge in [0.15, 0.2) is 0 Å². The summed E-state index contributed by atoms with van der Waals surface area (Å²) in [5, 5.41) is 10.3. The van der Waals surface area contributed by atoms with Gasteiger partial charge in [0.25, 0.3) is 0 Å². The van der Waals surface area contributed by atoms with E-state index in [9.17, 15) is 5.11 Å². The van der Waals surface area contributed by atoms with Gasteiger partial charge in [-0.05, 0) is 45.3 Å². The van der Waals surface area contributed by atoms with Crippen molar-refractivity contribution in [3.05, 3.63) is 30.0 Å². The van der Waals surface area contributed by atoms with E-state index in [1.807, 2.05) is 26.8 Å². The molecule has 1 nitrogen and oxygen atoms in total. The zero-order valence-corrected chi connectivity index (χ0v) is 14.3. The summed E-state index contributed by atoms with van der Waals surface area (Å²) in [6, 6.07) is 0. The first-order valence-corrected chi connectivity index (χ1v) is 10.3. The molecule has 0 saturated carbocycles. The van der Waals surface area contributed by atoms with Gasteiger partial charge in [-0.3, -0.25) is 0 Å². The highest BCUT2D eigenvalue weighted by Crippen LogP contribution is 2.46. The van der Waals surface area contributed by atoms with Gasteiger partial charge in [-0.15, -0.1) is 18.2 Å². The van der Waals surface area contributed by atoms with Crippen LogP contribution in [0, 0.1) is 11.8 Å². The van der Waals surface area contributed by atoms with Crippen molar-refractivity contribution in [2.75, 3.05) is 0 Å². The van der Waals surface area contributed by atoms with Crippen LogP contribution in [0.25, 0.3) is 0 Å². The molecule has 0 spiro atoms. The molecule has 0 aromatic heterocycles. The molecule has 0 aliphatic carbocycles. The molecule has 2 heteroatoms. The van der Waals surface area contributed by atoms with Gasteiger partial charge in [-0.25, -0.2) is 0 Å². The summed E-state index contributed by atoms with van der Waals surface area (Å²) in [5.41, 5.74) is 4.19. The van der Waals surface area contributed by atoms with Gasteiger partial charge in [0.05, 0.1) is 19.2 Å². The Labute approximate surface area is 120 Å². The van der Waals surface area contributed by atoms with Gasteiger partial charge in [-0.1, -0.05) is 31.6 Å². The van der Waals surface area contributed by atoms with E-state index in [1.54, 1.807) is 6.08 Å². The lowest BCUT2D eigenvalue weighted by Crippen LogP contribution is -2.46. The van der Waals surface area contributed by atoms with Crippen LogP contribution in [-0.4, -0.2) is 19.3 Å². The Balaban J connectivity index is 5.74. The van der Waals surface area contributed by atoms with Crippen molar-refractivity contribution in [2.45, 2.75) is 64.4 Å². The lowest BCUT2D eigenvalue weighted by molar-refractivity contribution is 0.180. The Kier molecular flexibility index (Phi) is 7.15. The largest absolute Gasteiger partial charge is 0.387 e. The second kappa shape index (κ2) is 7.55. The highest BCUT2D eigenvalue weighted by molar-refractivity contribution is 6.80. The molecule has 2 atom stereocenters. The molecule has 1 N–H and O–H groups in total. The predicted octanol–water partition coefficient (Wildman–Crippen LogP) is 4.54. The number of aliphatic hydroxyl groups is 1. The average molecular weight is 276 g/mol. The normalized spacial score (nSPS) is 15.3. The van der Waals surface area contributed by atoms with Gasteiger partial charge in [0.2, 0.25) is 0 Å². The van der Waals surface area contributed by atoms with E-state index in [2.05, 4.69) is 43.8 Å². The zero-order chi connectivity index (χ0) is 15.1. The quantitative estimate of drug-likeness (QED) is 0.327. The summed E-state index contributed by atoms with van der Waals surface area (Å²) in [7, 11) is -1.68. The van der Waals surface area contributed by atoms with Crippen LogP contribution < -0.4 is 0 Å². The van der Waals surface area contributed by atoms with Crippen molar-refractivity contribution in [3.63, 3.8) is 0 Å². The molecule has 0 amide bonds. The topological polar surface area (TPSA) is 20.2 Å². The molecule has 0 fully saturated rings. The highest BCUT2D eigenvalue weighted by Gasteiger charge is 2.46. The van der Waals surface area contributed by atoms with Crippen molar-refractivity contribution in [1.82, 2.24) is 0 Å². The van der Waals surface area contributed by atoms with Gasteiger partial charge in [0.1, 0.15) is 0 Å². The monoisotopic (exact) mass is 276 g/mol. The van der Waals surface area contributed by atoms with Crippen LogP contribution in [0.3, 0.4) is 0 Å². The fraction of sp³-hybridized carbons (Fsp3) is 0.588. The third-order valence-electron chi connectivity index (χ3n) is 3.46. The summed E-state index contributed by atoms with van der Waals surface area (Å²) in [6.45, 7) is 16.4. The van der Waals surface area contributed by atoms with Crippen LogP contribution in [0.15, 0.2) is 30.0 Å². The van der Waals surface area contributed by atoms with Crippen molar-refractivity contribution in [2.24, 2.45) is 0 Å². The summed E-state index contributed by atoms with van der Waals surface area (Å²) >= 11 is 0. The van der Waals surface area contributed by atoms with Gasteiger partial charge < -0.3 is 5.11 Å². The van der Waals surface area contributed by atoms with Crippen LogP contribution in [-0.2, 0) is 0 Å². The maximum atomic E-state index is 10.7. The molecular weight excluding hydrogens is 248 g/mol. The third-order valence-corrected chi connectivity index (χ3v) is 6.81. The van der Waals surface area contributed by atoms with E-state index in [0.717, 1.165) is 18.4 Å². The fourth-order valence-corrected chi connectivity index (χ4v) is 4.60. The maximum Gasteiger partial charge on any atom is 0.0933 e. The molecule has 0 heterocycles. The summed E-state index contributed by atoms with van der Waals surface area (Å²) in [6.07, 6.45) is 4.85. The Morgan fingerprint density at radius 1 is 1.37 bits per heavy atom. The maximum absolute atomic E-state index is 10.7. The molecule has 0 aromatic carbocycles. The molecule has 0 bridgehead atoms. The molecule has 0 unspecified atom stereocenters. The zero-order valence-electron chi connectivity index (χ0n) is 13.3. The molecule has 106 valence electrons. The van der Waals surface area contributed by atoms with Crippen LogP contribution >= 0.6 is 0 Å². The summed E-state index contributed by atoms with van der Waals surface area (Å²) in [5.74, 6) is 6.36. The van der Waals surface area contributed by atoms with Crippen LogP contribution in [0.1, 0.15) is 33.6 Å². The van der Waals surface area contributed by atoms with Gasteiger partial charge in [0, 0.05) is 0 Å². The minimum absolute atomic E-state index is 0.335. The first kappa shape index (κ1) is 18.0. The number of allylic oxidation sites excluding steroid dienone is 1. The van der Waals surface area contributed by atoms with Crippen molar-refractivity contribution < 1.29 is 5.11 Å². The second-order valence-electron chi connectivity index (χ2n) is 6.18. The standard InChI is InChI=1S/C17H28OSi/c1-8-10-14-17(13-9-2,19(5,6)7)16(18)12-11-15(3)4/h8,12,16,18H,1,10,14H2,2-7H3/t16-,17+/m1/s1. The van der Waals surface area contributed by atoms with Gasteiger partial charge >= 0.3 is 0 Å². The van der Waals surface area contributed by atoms with Crippen LogP contribution in [0.4, 0.5) is 0 Å². The van der Waals surface area contributed by atoms with E-state index < -0.39 is 14.2 Å². The van der Waals surface area contributed by atoms with Crippen molar-refractivity contribution >= 4 is 8.07 Å². The molecule has 0 radical (unpaired) electrons. The van der Waals surface area contributed by atoms with E-state index in [-0.39, 0.29) is 5.04 Å². The molecule has 0 aliphatic rings. The minimum atomic E-state index is -1.68. The first-order valence-electron chi connectivity index (χ1n) is 6.84. The molecular formula is C17H28OSi. The predicted molar refractivity (Wildman–Crippen MR) is 87.9 cm³/mol. The Morgan fingerprint density at radius 3 is 2.32 bits per heavy atom. The molecule has 0 aromatic rings. The minimum Gasteiger partial charge on any atom is -0.387 e. The van der Waals surface area contributed by atoms with Crippen LogP contribution in [0.2, 0.25) is 24.7 Å². The Morgan fingerprint density at radius 2 is 1.95 bits per heavy atom. The molecule has 19 heavy (non-hydrogen) atoms. The van der Waals surface area contributed by atoms with E-state index in [4.69, 9.17) is 0 Å². The molecule has 0 rings (SSSR count). The number of hydrogen-bond donors (Lipinski definition) is 1. The van der Waals surface area contributed by atoms with Crippen LogP contribution in [0.5, 0.6) is 0 Å². The average Bonchev–Trinajstić information content (AvgIpc) is 2.29. The van der Waals surface area contributed by atoms with E-state index >= 15 is 0 Å². The highest BCUT2D eigenvalue weighted by atomic mass is 28.3. The smallest absolute Gasteiger partial charge is 0.0933 e. The van der Waals surface area contributed by atoms with Crippen molar-refractivity contribution in [3.8, 4) is 11.8 Å². The SMILES string of the molecule is C=CCC[C@@](C#CC)([C@H](O)C=C=C(C)C)[Si](C)(C)C. The molecule has 0 aliphatic heterocycles. The summed E-state index contributed by atoms with van der Waals surface area (Å²) < 4.78 is 0. The number of aliphatic hydroxyl groups excluding tert-OH is 1. The third kappa shape index (κ3) is 4.88. The lowest BCUT2D eigenvalue weighted by atomic mass is 9.95. The Hall–Kier alpha value is -1.00. The lowest BCUT2D eigenvalue weighted by Gasteiger charge is -2.42. The summed E-state index contributed by atoms with van der Waals surface area (Å²) in [4.78, 5) is 0. The second-order valence-corrected chi connectivity index (χ2v) is 11.6. The number of hydrogen-bond acceptors (Lipinski definition) is 1. The van der Waals surface area contributed by atoms with E-state index in [1.165, 1.54) is 0 Å². The first-order chi connectivity index (χ1) is 8.71. The molecule has 0 saturated heterocycles. The number of rotatable bonds is 6. The van der Waals surface area contributed by atoms with E-state index in [0.29, 0.717) is 0 Å². The van der Waals surface area contributed by atoms with Crippen molar-refractivity contribution in [1.29, 1.82) is 0 Å². The van der Waals surface area contributed by atoms with Gasteiger partial charge in [-0.2, -0.15) is 0 Å². The fourth-order valence-electron chi connectivity index (χ4n) is 2.23. The Bertz CT molecular complexity index is 420.